The van der Waals surface area contributed by atoms with Crippen LogP contribution in [0.25, 0.3) is 0 Å². The molecule has 6 nitrogen and oxygen atoms in total. The van der Waals surface area contributed by atoms with Gasteiger partial charge in [0.05, 0.1) is 9.75 Å². The zero-order valence-electron chi connectivity index (χ0n) is 12.1. The molecule has 3 N–H and O–H groups in total. The number of aliphatic carboxylic acids is 1. The number of hydrogen-bond donors (Lipinski definition) is 2. The number of amides is 2. The predicted octanol–water partition coefficient (Wildman–Crippen LogP) is 1.50. The molecule has 2 aromatic rings. The molecular formula is C16H14N2O4S. The van der Waals surface area contributed by atoms with E-state index in [-0.39, 0.29) is 17.8 Å². The van der Waals surface area contributed by atoms with Crippen molar-refractivity contribution in [1.82, 2.24) is 4.90 Å². The van der Waals surface area contributed by atoms with Crippen LogP contribution in [-0.2, 0) is 17.8 Å². The largest absolute Gasteiger partial charge is 0.480 e. The van der Waals surface area contributed by atoms with Gasteiger partial charge < -0.3 is 15.7 Å². The van der Waals surface area contributed by atoms with Crippen molar-refractivity contribution in [3.05, 3.63) is 57.3 Å². The summed E-state index contributed by atoms with van der Waals surface area (Å²) in [6.07, 6.45) is 0.269. The number of carbonyl (C=O) groups is 3. The molecule has 0 fully saturated rings. The Hall–Kier alpha value is -2.67. The first-order valence-corrected chi connectivity index (χ1v) is 7.79. The van der Waals surface area contributed by atoms with Crippen molar-refractivity contribution in [2.75, 3.05) is 0 Å². The lowest BCUT2D eigenvalue weighted by Crippen LogP contribution is -2.48. The number of carbonyl (C=O) groups excluding carboxylic acids is 2. The van der Waals surface area contributed by atoms with Crippen LogP contribution in [0.15, 0.2) is 36.4 Å². The molecule has 0 saturated carbocycles. The molecule has 0 radical (unpaired) electrons. The fraction of sp³-hybridized carbons (Fsp3) is 0.188. The third-order valence-electron chi connectivity index (χ3n) is 3.85. The number of hydrogen-bond acceptors (Lipinski definition) is 4. The Morgan fingerprint density at radius 2 is 1.74 bits per heavy atom. The lowest BCUT2D eigenvalue weighted by atomic mass is 9.94. The van der Waals surface area contributed by atoms with E-state index in [9.17, 15) is 19.5 Å². The minimum Gasteiger partial charge on any atom is -0.480 e. The van der Waals surface area contributed by atoms with E-state index in [1.807, 2.05) is 24.3 Å². The van der Waals surface area contributed by atoms with Crippen LogP contribution in [0.2, 0.25) is 0 Å². The third-order valence-corrected chi connectivity index (χ3v) is 4.94. The Labute approximate surface area is 136 Å². The maximum atomic E-state index is 12.7. The van der Waals surface area contributed by atoms with Crippen molar-refractivity contribution in [2.24, 2.45) is 5.73 Å². The van der Waals surface area contributed by atoms with Crippen molar-refractivity contribution >= 4 is 29.1 Å². The van der Waals surface area contributed by atoms with Gasteiger partial charge in [-0.1, -0.05) is 24.3 Å². The minimum atomic E-state index is -1.04. The summed E-state index contributed by atoms with van der Waals surface area (Å²) in [6.45, 7) is 0.232. The highest BCUT2D eigenvalue weighted by molar-refractivity contribution is 7.15. The standard InChI is InChI=1S/C16H14N2O4S/c17-14(19)12-5-6-13(23-12)15(20)18-8-10-4-2-1-3-9(10)7-11(18)16(21)22/h1-6,11H,7-8H2,(H2,17,19)(H,21,22)/t11-/m0/s1. The zero-order chi connectivity index (χ0) is 16.6. The molecule has 0 bridgehead atoms. The first kappa shape index (κ1) is 15.2. The number of primary amides is 1. The Morgan fingerprint density at radius 1 is 1.09 bits per heavy atom. The number of carboxylic acids is 1. The molecule has 0 aliphatic carbocycles. The molecule has 3 rings (SSSR count). The van der Waals surface area contributed by atoms with Crippen LogP contribution in [0.5, 0.6) is 0 Å². The molecule has 118 valence electrons. The molecule has 0 unspecified atom stereocenters. The number of fused-ring (bicyclic) bond motifs is 1. The molecule has 1 aliphatic rings. The van der Waals surface area contributed by atoms with Crippen LogP contribution in [0.4, 0.5) is 0 Å². The van der Waals surface area contributed by atoms with E-state index >= 15 is 0 Å². The lowest BCUT2D eigenvalue weighted by molar-refractivity contribution is -0.142. The van der Waals surface area contributed by atoms with Gasteiger partial charge >= 0.3 is 5.97 Å². The van der Waals surface area contributed by atoms with Crippen LogP contribution < -0.4 is 5.73 Å². The summed E-state index contributed by atoms with van der Waals surface area (Å²) in [6, 6.07) is 9.55. The first-order valence-electron chi connectivity index (χ1n) is 6.97. The normalized spacial score (nSPS) is 16.7. The van der Waals surface area contributed by atoms with Crippen LogP contribution in [-0.4, -0.2) is 33.8 Å². The number of nitrogens with zero attached hydrogens (tertiary/aromatic N) is 1. The number of thiophene rings is 1. The molecule has 2 amide bonds. The lowest BCUT2D eigenvalue weighted by Gasteiger charge is -2.34. The van der Waals surface area contributed by atoms with E-state index in [1.165, 1.54) is 17.0 Å². The van der Waals surface area contributed by atoms with E-state index in [2.05, 4.69) is 0 Å². The monoisotopic (exact) mass is 330 g/mol. The second kappa shape index (κ2) is 5.85. The second-order valence-corrected chi connectivity index (χ2v) is 6.37. The van der Waals surface area contributed by atoms with Gasteiger partial charge in [-0.25, -0.2) is 4.79 Å². The summed E-state index contributed by atoms with van der Waals surface area (Å²) in [5.74, 6) is -2.04. The van der Waals surface area contributed by atoms with Gasteiger partial charge in [0, 0.05) is 13.0 Å². The smallest absolute Gasteiger partial charge is 0.326 e. The molecule has 0 spiro atoms. The van der Waals surface area contributed by atoms with Gasteiger partial charge in [-0.3, -0.25) is 9.59 Å². The fourth-order valence-electron chi connectivity index (χ4n) is 2.68. The second-order valence-electron chi connectivity index (χ2n) is 5.29. The Morgan fingerprint density at radius 3 is 2.35 bits per heavy atom. The van der Waals surface area contributed by atoms with E-state index in [4.69, 9.17) is 5.73 Å². The molecule has 23 heavy (non-hydrogen) atoms. The molecule has 1 aliphatic heterocycles. The van der Waals surface area contributed by atoms with Gasteiger partial charge in [0.25, 0.3) is 11.8 Å². The quantitative estimate of drug-likeness (QED) is 0.890. The summed E-state index contributed by atoms with van der Waals surface area (Å²) < 4.78 is 0. The van der Waals surface area contributed by atoms with Crippen molar-refractivity contribution in [3.63, 3.8) is 0 Å². The van der Waals surface area contributed by atoms with Crippen LogP contribution in [0.3, 0.4) is 0 Å². The average molecular weight is 330 g/mol. The van der Waals surface area contributed by atoms with Gasteiger partial charge in [-0.2, -0.15) is 0 Å². The Kier molecular flexibility index (Phi) is 3.87. The third kappa shape index (κ3) is 2.83. The molecular weight excluding hydrogens is 316 g/mol. The molecule has 7 heteroatoms. The van der Waals surface area contributed by atoms with Crippen molar-refractivity contribution in [3.8, 4) is 0 Å². The van der Waals surface area contributed by atoms with Crippen LogP contribution in [0.1, 0.15) is 30.5 Å². The van der Waals surface area contributed by atoms with E-state index in [0.717, 1.165) is 22.5 Å². The molecule has 2 heterocycles. The highest BCUT2D eigenvalue weighted by Gasteiger charge is 2.35. The summed E-state index contributed by atoms with van der Waals surface area (Å²) in [7, 11) is 0. The highest BCUT2D eigenvalue weighted by Crippen LogP contribution is 2.27. The number of carboxylic acid groups (broad SMARTS) is 1. The summed E-state index contributed by atoms with van der Waals surface area (Å²) in [5, 5.41) is 9.46. The minimum absolute atomic E-state index is 0.232. The van der Waals surface area contributed by atoms with Crippen LogP contribution in [0, 0.1) is 0 Å². The molecule has 1 aromatic heterocycles. The summed E-state index contributed by atoms with van der Waals surface area (Å²) in [4.78, 5) is 37.3. The summed E-state index contributed by atoms with van der Waals surface area (Å²) >= 11 is 0.979. The van der Waals surface area contributed by atoms with Crippen LogP contribution >= 0.6 is 11.3 Å². The van der Waals surface area contributed by atoms with Gasteiger partial charge in [-0.05, 0) is 23.3 Å². The number of benzene rings is 1. The van der Waals surface area contributed by atoms with E-state index in [1.54, 1.807) is 0 Å². The first-order chi connectivity index (χ1) is 11.0. The van der Waals surface area contributed by atoms with Gasteiger partial charge in [0.2, 0.25) is 0 Å². The Balaban J connectivity index is 1.94. The average Bonchev–Trinajstić information content (AvgIpc) is 3.03. The molecule has 1 atom stereocenters. The van der Waals surface area contributed by atoms with Gasteiger partial charge in [0.15, 0.2) is 0 Å². The van der Waals surface area contributed by atoms with Crippen molar-refractivity contribution in [1.29, 1.82) is 0 Å². The zero-order valence-corrected chi connectivity index (χ0v) is 12.9. The van der Waals surface area contributed by atoms with Crippen molar-refractivity contribution in [2.45, 2.75) is 19.0 Å². The van der Waals surface area contributed by atoms with E-state index < -0.39 is 23.8 Å². The SMILES string of the molecule is NC(=O)c1ccc(C(=O)N2Cc3ccccc3C[C@H]2C(=O)O)s1. The van der Waals surface area contributed by atoms with Gasteiger partial charge in [0.1, 0.15) is 6.04 Å². The number of nitrogens with two attached hydrogens (primary N) is 1. The van der Waals surface area contributed by atoms with Gasteiger partial charge in [-0.15, -0.1) is 11.3 Å². The van der Waals surface area contributed by atoms with Crippen molar-refractivity contribution < 1.29 is 19.5 Å². The maximum Gasteiger partial charge on any atom is 0.326 e. The topological polar surface area (TPSA) is 101 Å². The fourth-order valence-corrected chi connectivity index (χ4v) is 3.50. The highest BCUT2D eigenvalue weighted by atomic mass is 32.1. The van der Waals surface area contributed by atoms with E-state index in [0.29, 0.717) is 4.88 Å². The number of rotatable bonds is 3. The molecule has 1 aromatic carbocycles. The maximum absolute atomic E-state index is 12.7. The summed E-state index contributed by atoms with van der Waals surface area (Å²) in [5.41, 5.74) is 7.07. The molecule has 0 saturated heterocycles. The predicted molar refractivity (Wildman–Crippen MR) is 84.3 cm³/mol. The Bertz CT molecular complexity index is 799.